The number of carbonyl (C=O) groups excluding carboxylic acids is 1. The van der Waals surface area contributed by atoms with Gasteiger partial charge in [0.1, 0.15) is 5.41 Å². The van der Waals surface area contributed by atoms with Gasteiger partial charge in [-0.15, -0.1) is 0 Å². The lowest BCUT2D eigenvalue weighted by Gasteiger charge is -2.40. The molecule has 1 aliphatic rings. The maximum atomic E-state index is 12.8. The second-order valence-electron chi connectivity index (χ2n) is 4.91. The monoisotopic (exact) mass is 350 g/mol. The Morgan fingerprint density at radius 1 is 1.24 bits per heavy atom. The van der Waals surface area contributed by atoms with Crippen LogP contribution in [0.4, 0.5) is 10.1 Å². The number of ether oxygens (including phenoxy) is 1. The molecule has 1 fully saturated rings. The largest absolute Gasteiger partial charge is 0.378 e. The van der Waals surface area contributed by atoms with Crippen LogP contribution in [-0.4, -0.2) is 24.1 Å². The zero-order chi connectivity index (χ0) is 14.9. The molecule has 6 heteroatoms. The highest BCUT2D eigenvalue weighted by molar-refractivity contribution is 9.10. The van der Waals surface area contributed by atoms with Crippen LogP contribution in [0.15, 0.2) is 47.1 Å². The molecule has 1 amide bonds. The molecule has 2 aromatic rings. The van der Waals surface area contributed by atoms with Crippen LogP contribution in [0.25, 0.3) is 0 Å². The van der Waals surface area contributed by atoms with Gasteiger partial charge in [0.05, 0.1) is 25.1 Å². The number of halogens is 2. The van der Waals surface area contributed by atoms with Gasteiger partial charge in [0.25, 0.3) is 0 Å². The van der Waals surface area contributed by atoms with Gasteiger partial charge >= 0.3 is 0 Å². The summed E-state index contributed by atoms with van der Waals surface area (Å²) in [5.41, 5.74) is 0.657. The van der Waals surface area contributed by atoms with Crippen LogP contribution in [0.5, 0.6) is 0 Å². The van der Waals surface area contributed by atoms with E-state index in [2.05, 4.69) is 26.2 Å². The molecule has 4 nitrogen and oxygen atoms in total. The third kappa shape index (κ3) is 2.69. The summed E-state index contributed by atoms with van der Waals surface area (Å²) in [6, 6.07) is 10.3. The maximum Gasteiger partial charge on any atom is 0.239 e. The highest BCUT2D eigenvalue weighted by Gasteiger charge is 2.47. The van der Waals surface area contributed by atoms with Crippen molar-refractivity contribution in [3.8, 4) is 0 Å². The smallest absolute Gasteiger partial charge is 0.239 e. The second kappa shape index (κ2) is 5.54. The van der Waals surface area contributed by atoms with E-state index in [1.165, 1.54) is 18.3 Å². The molecule has 2 heterocycles. The van der Waals surface area contributed by atoms with Crippen LogP contribution in [0.2, 0.25) is 0 Å². The molecule has 0 radical (unpaired) electrons. The van der Waals surface area contributed by atoms with Crippen molar-refractivity contribution in [3.05, 3.63) is 58.6 Å². The van der Waals surface area contributed by atoms with E-state index in [-0.39, 0.29) is 5.91 Å². The molecular weight excluding hydrogens is 339 g/mol. The Bertz CT molecular complexity index is 654. The van der Waals surface area contributed by atoms with Crippen molar-refractivity contribution in [3.63, 3.8) is 0 Å². The van der Waals surface area contributed by atoms with Crippen LogP contribution in [0.1, 0.15) is 5.56 Å². The number of pyridine rings is 1. The van der Waals surface area contributed by atoms with Crippen molar-refractivity contribution in [2.24, 2.45) is 0 Å². The molecule has 0 aliphatic carbocycles. The topological polar surface area (TPSA) is 51.2 Å². The first kappa shape index (κ1) is 14.2. The third-order valence-corrected chi connectivity index (χ3v) is 4.04. The number of amides is 1. The van der Waals surface area contributed by atoms with Gasteiger partial charge in [-0.25, -0.2) is 4.98 Å². The Morgan fingerprint density at radius 3 is 2.48 bits per heavy atom. The minimum atomic E-state index is -0.699. The molecule has 1 aromatic heterocycles. The standard InChI is InChI=1S/C15H12BrFN2O2/c16-11-3-1-10(2-4-11)15(8-21-9-15)14(20)19-12-5-6-13(17)18-7-12/h1-7H,8-9H2,(H,19,20). The van der Waals surface area contributed by atoms with Crippen molar-refractivity contribution in [1.29, 1.82) is 0 Å². The fraction of sp³-hybridized carbons (Fsp3) is 0.200. The molecule has 21 heavy (non-hydrogen) atoms. The summed E-state index contributed by atoms with van der Waals surface area (Å²) in [5.74, 6) is -0.757. The van der Waals surface area contributed by atoms with Gasteiger partial charge < -0.3 is 10.1 Å². The normalized spacial score (nSPS) is 16.1. The van der Waals surface area contributed by atoms with E-state index in [1.807, 2.05) is 24.3 Å². The van der Waals surface area contributed by atoms with Gasteiger partial charge in [-0.1, -0.05) is 28.1 Å². The number of aromatic nitrogens is 1. The number of anilines is 1. The number of hydrogen-bond acceptors (Lipinski definition) is 3. The summed E-state index contributed by atoms with van der Waals surface area (Å²) < 4.78 is 19.0. The van der Waals surface area contributed by atoms with Gasteiger partial charge in [0.2, 0.25) is 11.9 Å². The molecule has 0 bridgehead atoms. The molecule has 0 unspecified atom stereocenters. The second-order valence-corrected chi connectivity index (χ2v) is 5.82. The van der Waals surface area contributed by atoms with Gasteiger partial charge in [-0.05, 0) is 29.8 Å². The van der Waals surface area contributed by atoms with Crippen LogP contribution in [0, 0.1) is 5.95 Å². The number of rotatable bonds is 3. The minimum absolute atomic E-state index is 0.176. The number of nitrogens with one attached hydrogen (secondary N) is 1. The van der Waals surface area contributed by atoms with E-state index in [4.69, 9.17) is 4.74 Å². The lowest BCUT2D eigenvalue weighted by Crippen LogP contribution is -2.55. The summed E-state index contributed by atoms with van der Waals surface area (Å²) in [6.45, 7) is 0.657. The summed E-state index contributed by atoms with van der Waals surface area (Å²) in [7, 11) is 0. The fourth-order valence-electron chi connectivity index (χ4n) is 2.20. The van der Waals surface area contributed by atoms with E-state index in [9.17, 15) is 9.18 Å². The Kier molecular flexibility index (Phi) is 3.73. The van der Waals surface area contributed by atoms with Crippen molar-refractivity contribution >= 4 is 27.5 Å². The predicted octanol–water partition coefficient (Wildman–Crippen LogP) is 2.89. The van der Waals surface area contributed by atoms with Gasteiger partial charge in [0, 0.05) is 4.47 Å². The molecule has 1 aromatic carbocycles. The SMILES string of the molecule is O=C(Nc1ccc(F)nc1)C1(c2ccc(Br)cc2)COC1. The van der Waals surface area contributed by atoms with Crippen molar-refractivity contribution < 1.29 is 13.9 Å². The Balaban J connectivity index is 1.83. The molecule has 1 saturated heterocycles. The Morgan fingerprint density at radius 2 is 1.95 bits per heavy atom. The highest BCUT2D eigenvalue weighted by atomic mass is 79.9. The van der Waals surface area contributed by atoms with Crippen molar-refractivity contribution in [2.75, 3.05) is 18.5 Å². The van der Waals surface area contributed by atoms with Gasteiger partial charge in [0.15, 0.2) is 0 Å². The van der Waals surface area contributed by atoms with E-state index in [1.54, 1.807) is 0 Å². The number of benzene rings is 1. The van der Waals surface area contributed by atoms with E-state index >= 15 is 0 Å². The summed E-state index contributed by atoms with van der Waals surface area (Å²) in [4.78, 5) is 16.1. The zero-order valence-corrected chi connectivity index (χ0v) is 12.6. The molecule has 108 valence electrons. The third-order valence-electron chi connectivity index (χ3n) is 3.51. The predicted molar refractivity (Wildman–Crippen MR) is 79.5 cm³/mol. The number of nitrogens with zero attached hydrogens (tertiary/aromatic N) is 1. The summed E-state index contributed by atoms with van der Waals surface area (Å²) in [6.07, 6.45) is 1.29. The molecular formula is C15H12BrFN2O2. The first-order chi connectivity index (χ1) is 10.1. The Hall–Kier alpha value is -1.79. The summed E-state index contributed by atoms with van der Waals surface area (Å²) >= 11 is 3.37. The number of hydrogen-bond donors (Lipinski definition) is 1. The first-order valence-corrected chi connectivity index (χ1v) is 7.16. The van der Waals surface area contributed by atoms with E-state index < -0.39 is 11.4 Å². The average molecular weight is 351 g/mol. The molecule has 3 rings (SSSR count). The van der Waals surface area contributed by atoms with Crippen LogP contribution in [0.3, 0.4) is 0 Å². The fourth-order valence-corrected chi connectivity index (χ4v) is 2.47. The quantitative estimate of drug-likeness (QED) is 0.866. The van der Waals surface area contributed by atoms with Gasteiger partial charge in [-0.2, -0.15) is 4.39 Å². The Labute approximate surface area is 129 Å². The molecule has 0 saturated carbocycles. The lowest BCUT2D eigenvalue weighted by molar-refractivity contribution is -0.139. The van der Waals surface area contributed by atoms with Gasteiger partial charge in [-0.3, -0.25) is 4.79 Å². The molecule has 0 atom stereocenters. The molecule has 0 spiro atoms. The van der Waals surface area contributed by atoms with E-state index in [0.717, 1.165) is 10.0 Å². The highest BCUT2D eigenvalue weighted by Crippen LogP contribution is 2.34. The summed E-state index contributed by atoms with van der Waals surface area (Å²) in [5, 5.41) is 2.77. The van der Waals surface area contributed by atoms with Crippen molar-refractivity contribution in [2.45, 2.75) is 5.41 Å². The molecule has 1 aliphatic heterocycles. The number of carbonyl (C=O) groups is 1. The average Bonchev–Trinajstić information content (AvgIpc) is 2.42. The van der Waals surface area contributed by atoms with Crippen LogP contribution >= 0.6 is 15.9 Å². The van der Waals surface area contributed by atoms with Crippen LogP contribution < -0.4 is 5.32 Å². The maximum absolute atomic E-state index is 12.8. The van der Waals surface area contributed by atoms with Crippen molar-refractivity contribution in [1.82, 2.24) is 4.98 Å². The zero-order valence-electron chi connectivity index (χ0n) is 11.0. The van der Waals surface area contributed by atoms with Crippen LogP contribution in [-0.2, 0) is 14.9 Å². The molecule has 1 N–H and O–H groups in total. The minimum Gasteiger partial charge on any atom is -0.378 e. The lowest BCUT2D eigenvalue weighted by atomic mass is 9.77. The van der Waals surface area contributed by atoms with E-state index in [0.29, 0.717) is 18.9 Å². The first-order valence-electron chi connectivity index (χ1n) is 6.37.